The molecule has 466 valence electrons. The number of esters is 2. The minimum atomic E-state index is -0.409. The molecule has 5 aliphatic heterocycles. The Morgan fingerprint density at radius 1 is 0.610 bits per heavy atom. The number of hydrogen-bond acceptors (Lipinski definition) is 16. The molecule has 0 bridgehead atoms. The molecule has 0 spiro atoms. The molecule has 21 nitrogen and oxygen atoms in total. The number of imide groups is 3. The fraction of sp³-hybridized carbons (Fsp3) is 0.639. The number of hydrogen-bond donors (Lipinski definition) is 2. The van der Waals surface area contributed by atoms with Crippen molar-refractivity contribution >= 4 is 70.8 Å². The van der Waals surface area contributed by atoms with Crippen LogP contribution in [0.25, 0.3) is 0 Å². The number of ether oxygens (including phenoxy) is 4. The Kier molecular flexibility index (Phi) is 41.1. The lowest BCUT2D eigenvalue weighted by Crippen LogP contribution is -2.37. The molecule has 2 saturated heterocycles. The lowest BCUT2D eigenvalue weighted by molar-refractivity contribution is -0.147. The Balaban J connectivity index is -0.000000419. The van der Waals surface area contributed by atoms with E-state index < -0.39 is 5.60 Å². The summed E-state index contributed by atoms with van der Waals surface area (Å²) in [4.78, 5) is 134. The zero-order chi connectivity index (χ0) is 65.3. The fourth-order valence-electron chi connectivity index (χ4n) is 6.10. The number of nitrogens with one attached hydrogen (secondary N) is 2. The van der Waals surface area contributed by atoms with Gasteiger partial charge in [0, 0.05) is 95.9 Å². The van der Waals surface area contributed by atoms with Crippen molar-refractivity contribution in [2.24, 2.45) is 11.8 Å². The Bertz CT molecular complexity index is 2180. The highest BCUT2D eigenvalue weighted by molar-refractivity contribution is 6.19. The van der Waals surface area contributed by atoms with Gasteiger partial charge in [0.05, 0.1) is 25.4 Å². The molecule has 0 radical (unpaired) electrons. The first-order chi connectivity index (χ1) is 37.6. The fourth-order valence-corrected chi connectivity index (χ4v) is 6.10. The maximum absolute atomic E-state index is 11.4. The molecule has 21 heteroatoms. The Labute approximate surface area is 489 Å². The number of epoxide rings is 2. The summed E-state index contributed by atoms with van der Waals surface area (Å²) in [5, 5.41) is 5.39. The third-order valence-electron chi connectivity index (χ3n) is 10.6. The third-order valence-corrected chi connectivity index (χ3v) is 10.6. The van der Waals surface area contributed by atoms with Gasteiger partial charge in [-0.2, -0.15) is 0 Å². The summed E-state index contributed by atoms with van der Waals surface area (Å²) in [7, 11) is 0. The van der Waals surface area contributed by atoms with Crippen LogP contribution in [0.15, 0.2) is 60.3 Å². The van der Waals surface area contributed by atoms with Crippen LogP contribution in [0, 0.1) is 11.8 Å². The van der Waals surface area contributed by atoms with Gasteiger partial charge < -0.3 is 29.6 Å². The van der Waals surface area contributed by atoms with Crippen molar-refractivity contribution < 1.29 is 76.5 Å². The maximum Gasteiger partial charge on any atom is 0.330 e. The van der Waals surface area contributed by atoms with Gasteiger partial charge in [-0.05, 0) is 131 Å². The minimum absolute atomic E-state index is 0.0300. The van der Waals surface area contributed by atoms with E-state index in [-0.39, 0.29) is 131 Å². The predicted octanol–water partition coefficient (Wildman–Crippen LogP) is 7.83. The zero-order valence-electron chi connectivity index (χ0n) is 53.8. The van der Waals surface area contributed by atoms with E-state index in [1.807, 2.05) is 125 Å². The van der Waals surface area contributed by atoms with Gasteiger partial charge in [-0.25, -0.2) is 4.79 Å². The SMILES string of the molecule is C=CC(=O)NC(C)C.C=CC(=O)OC(C)C.CC(C)C(=O)C1(C)CO1.CC(C)C(=O)C1CO1.CC(C)N1C(=O)C=CC1=O.CC1=C(C)C(=O)N(C(C)C)C1=O.CC1=CC(=O)N(C(C)C)C1=O.CCC(=O)NC(C)C.CCC(=O)OC(C)C. The largest absolute Gasteiger partial charge is 0.463 e. The monoisotopic (exact) mass is 1160 g/mol. The topological polar surface area (TPSA) is 282 Å². The highest BCUT2D eigenvalue weighted by Crippen LogP contribution is 2.29. The van der Waals surface area contributed by atoms with E-state index in [1.54, 1.807) is 41.5 Å². The van der Waals surface area contributed by atoms with Crippen LogP contribution in [0.2, 0.25) is 0 Å². The van der Waals surface area contributed by atoms with Crippen LogP contribution >= 0.6 is 0 Å². The average Bonchev–Trinajstić information content (AvgIpc) is 4.29. The van der Waals surface area contributed by atoms with E-state index in [1.165, 1.54) is 39.0 Å². The summed E-state index contributed by atoms with van der Waals surface area (Å²) >= 11 is 0. The highest BCUT2D eigenvalue weighted by atomic mass is 16.6. The van der Waals surface area contributed by atoms with E-state index in [2.05, 4.69) is 28.5 Å². The summed E-state index contributed by atoms with van der Waals surface area (Å²) in [6, 6.07) is 0.374. The van der Waals surface area contributed by atoms with E-state index >= 15 is 0 Å². The summed E-state index contributed by atoms with van der Waals surface area (Å²) in [5.74, 6) is -0.819. The molecule has 0 aromatic heterocycles. The number of rotatable bonds is 15. The van der Waals surface area contributed by atoms with Crippen LogP contribution in [0.5, 0.6) is 0 Å². The molecular weight excluding hydrogens is 1060 g/mol. The number of carbonyl (C=O) groups is 12. The molecule has 5 rings (SSSR count). The smallest absolute Gasteiger partial charge is 0.330 e. The van der Waals surface area contributed by atoms with E-state index in [0.717, 1.165) is 6.08 Å². The van der Waals surface area contributed by atoms with E-state index in [0.29, 0.717) is 42.8 Å². The van der Waals surface area contributed by atoms with Crippen molar-refractivity contribution in [3.63, 3.8) is 0 Å². The normalized spacial score (nSPS) is 17.1. The quantitative estimate of drug-likeness (QED) is 0.0684. The highest BCUT2D eigenvalue weighted by Gasteiger charge is 2.47. The van der Waals surface area contributed by atoms with Crippen LogP contribution in [0.1, 0.15) is 179 Å². The van der Waals surface area contributed by atoms with Gasteiger partial charge in [-0.3, -0.25) is 67.4 Å². The number of Topliss-reactive ketones (excluding diaryl/α,β-unsaturated/α-hetero) is 2. The second-order valence-corrected chi connectivity index (χ2v) is 21.7. The van der Waals surface area contributed by atoms with Crippen molar-refractivity contribution in [2.45, 2.75) is 233 Å². The molecule has 2 unspecified atom stereocenters. The van der Waals surface area contributed by atoms with Crippen molar-refractivity contribution in [3.8, 4) is 0 Å². The first kappa shape index (κ1) is 81.7. The van der Waals surface area contributed by atoms with Gasteiger partial charge in [-0.1, -0.05) is 54.7 Å². The molecule has 5 aliphatic rings. The van der Waals surface area contributed by atoms with Crippen molar-refractivity contribution in [2.75, 3.05) is 13.2 Å². The Morgan fingerprint density at radius 2 is 1.02 bits per heavy atom. The van der Waals surface area contributed by atoms with Gasteiger partial charge in [0.1, 0.15) is 11.7 Å². The molecule has 2 N–H and O–H groups in total. The van der Waals surface area contributed by atoms with Crippen molar-refractivity contribution in [3.05, 3.63) is 60.3 Å². The number of carbonyl (C=O) groups excluding carboxylic acids is 12. The molecule has 0 aromatic carbocycles. The standard InChI is InChI=1S/C9H13NO2.C8H11NO2.C7H9NO2.C7H12O2.C6H13NO.C6H11NO.C6H10O2.C6H12O2.C6H10O2/c1-5(2)10-8(11)6(3)7(4)9(10)12;1-5(2)9-7(10)4-6(3)8(9)11;1-5(2)8-6(9)3-4-7(8)10;1-5(2)6(8)7(3)4-9-7;2*1-4-6(8)7-5(2)3;1-4(2)6(7)5-3-8-5;2*1-4-6(7)8-5(2)3/h5H,1-4H3;4-5H,1-3H3;3-5H,1-2H3;5H,4H2,1-3H3;5H,4H2,1-3H3,(H,7,8);4-5H,1H2,2-3H3,(H,7,8);4-5H,3H2,1-2H3;5H,4H2,1-3H3;4-5H,1H2,2-3H3. The molecule has 2 atom stereocenters. The molecular formula is C61H101N5O16. The first-order valence-electron chi connectivity index (χ1n) is 27.8. The molecule has 0 saturated carbocycles. The number of nitrogens with zero attached hydrogens (tertiary/aromatic N) is 3. The first-order valence-corrected chi connectivity index (χ1v) is 27.8. The molecule has 8 amide bonds. The van der Waals surface area contributed by atoms with Crippen LogP contribution in [-0.2, 0) is 76.5 Å². The number of ketones is 2. The van der Waals surface area contributed by atoms with Gasteiger partial charge >= 0.3 is 11.9 Å². The van der Waals surface area contributed by atoms with E-state index in [9.17, 15) is 57.5 Å². The van der Waals surface area contributed by atoms with Crippen molar-refractivity contribution in [1.82, 2.24) is 25.3 Å². The molecule has 0 aliphatic carbocycles. The second-order valence-electron chi connectivity index (χ2n) is 21.7. The van der Waals surface area contributed by atoms with E-state index in [4.69, 9.17) is 14.2 Å². The summed E-state index contributed by atoms with van der Waals surface area (Å²) < 4.78 is 19.2. The lowest BCUT2D eigenvalue weighted by Gasteiger charge is -2.18. The summed E-state index contributed by atoms with van der Waals surface area (Å²) in [5.41, 5.74) is 1.28. The number of amides is 8. The molecule has 5 heterocycles. The van der Waals surface area contributed by atoms with Gasteiger partial charge in [0.2, 0.25) is 11.8 Å². The molecule has 0 aromatic rings. The lowest BCUT2D eigenvalue weighted by atomic mass is 9.98. The Morgan fingerprint density at radius 3 is 1.17 bits per heavy atom. The van der Waals surface area contributed by atoms with Gasteiger partial charge in [0.25, 0.3) is 35.4 Å². The zero-order valence-corrected chi connectivity index (χ0v) is 53.8. The van der Waals surface area contributed by atoms with Crippen LogP contribution in [0.3, 0.4) is 0 Å². The average molecular weight is 1160 g/mol. The Hall–Kier alpha value is -6.74. The summed E-state index contributed by atoms with van der Waals surface area (Å²) in [6.07, 6.45) is 7.38. The van der Waals surface area contributed by atoms with Crippen LogP contribution in [0.4, 0.5) is 0 Å². The van der Waals surface area contributed by atoms with Gasteiger partial charge in [0.15, 0.2) is 11.6 Å². The molecule has 2 fully saturated rings. The third kappa shape index (κ3) is 35.2. The second kappa shape index (κ2) is 41.3. The van der Waals surface area contributed by atoms with Crippen LogP contribution < -0.4 is 10.6 Å². The predicted molar refractivity (Wildman–Crippen MR) is 316 cm³/mol. The molecule has 82 heavy (non-hydrogen) atoms. The maximum atomic E-state index is 11.4. The minimum Gasteiger partial charge on any atom is -0.463 e. The summed E-state index contributed by atoms with van der Waals surface area (Å²) in [6.45, 7) is 51.8. The van der Waals surface area contributed by atoms with Gasteiger partial charge in [-0.15, -0.1) is 0 Å². The van der Waals surface area contributed by atoms with Crippen LogP contribution in [-0.4, -0.2) is 153 Å². The van der Waals surface area contributed by atoms with Crippen molar-refractivity contribution in [1.29, 1.82) is 0 Å².